The van der Waals surface area contributed by atoms with E-state index in [1.165, 1.54) is 7.11 Å². The molecule has 2 aromatic rings. The summed E-state index contributed by atoms with van der Waals surface area (Å²) in [6.07, 6.45) is 11.3. The van der Waals surface area contributed by atoms with E-state index in [0.29, 0.717) is 74.4 Å². The van der Waals surface area contributed by atoms with Crippen LogP contribution in [0, 0.1) is 5.92 Å². The van der Waals surface area contributed by atoms with E-state index in [2.05, 4.69) is 27.9 Å². The van der Waals surface area contributed by atoms with Crippen LogP contribution in [0.1, 0.15) is 78.3 Å². The number of nitrogens with two attached hydrogens (primary N) is 2. The van der Waals surface area contributed by atoms with Gasteiger partial charge in [0.15, 0.2) is 0 Å². The van der Waals surface area contributed by atoms with Crippen molar-refractivity contribution >= 4 is 40.9 Å². The Bertz CT molecular complexity index is 1830. The molecule has 2 aliphatic heterocycles. The van der Waals surface area contributed by atoms with Crippen molar-refractivity contribution in [1.29, 1.82) is 0 Å². The number of nitrogen functional groups attached to an aromatic ring is 1. The predicted molar refractivity (Wildman–Crippen MR) is 184 cm³/mol. The van der Waals surface area contributed by atoms with Gasteiger partial charge in [-0.05, 0) is 81.4 Å². The molecule has 47 heavy (non-hydrogen) atoms. The number of hydrogen-bond acceptors (Lipinski definition) is 8. The molecule has 3 heterocycles. The SMILES string of the molecule is C=C=C(C)/C=C1\NC=CC(c2nc([C@@H](CNC(=O)c3cc(C=NC4CC4)c(N)c(OC)c3)C3CC3)cc3c2OC[C@]3(C)C(N)=O)=C1Cl. The van der Waals surface area contributed by atoms with Gasteiger partial charge in [-0.2, -0.15) is 0 Å². The lowest BCUT2D eigenvalue weighted by Crippen LogP contribution is -2.40. The average Bonchev–Trinajstić information content (AvgIpc) is 4.00. The van der Waals surface area contributed by atoms with Crippen LogP contribution in [0.5, 0.6) is 11.5 Å². The summed E-state index contributed by atoms with van der Waals surface area (Å²) in [5, 5.41) is 6.72. The molecular weight excluding hydrogens is 616 g/mol. The van der Waals surface area contributed by atoms with E-state index in [1.807, 2.05) is 25.1 Å². The zero-order valence-corrected chi connectivity index (χ0v) is 27.5. The van der Waals surface area contributed by atoms with Crippen LogP contribution in [-0.4, -0.2) is 49.3 Å². The average molecular weight is 655 g/mol. The fraction of sp³-hybridized carbons (Fsp3) is 0.361. The Kier molecular flexibility index (Phi) is 8.74. The Morgan fingerprint density at radius 3 is 2.74 bits per heavy atom. The molecule has 2 aliphatic carbocycles. The predicted octanol–water partition coefficient (Wildman–Crippen LogP) is 4.99. The number of carbonyl (C=O) groups is 2. The molecule has 2 saturated carbocycles. The largest absolute Gasteiger partial charge is 0.495 e. The third-order valence-corrected chi connectivity index (χ3v) is 9.58. The quantitative estimate of drug-likeness (QED) is 0.151. The van der Waals surface area contributed by atoms with Crippen molar-refractivity contribution in [3.05, 3.63) is 93.2 Å². The minimum atomic E-state index is -1.07. The molecule has 244 valence electrons. The van der Waals surface area contributed by atoms with E-state index < -0.39 is 11.3 Å². The number of aliphatic imine (C=N–C) groups is 1. The number of halogens is 1. The van der Waals surface area contributed by atoms with Crippen LogP contribution in [0.3, 0.4) is 0 Å². The Morgan fingerprint density at radius 2 is 2.09 bits per heavy atom. The summed E-state index contributed by atoms with van der Waals surface area (Å²) in [4.78, 5) is 36.0. The number of hydrogen-bond donors (Lipinski definition) is 4. The summed E-state index contributed by atoms with van der Waals surface area (Å²) < 4.78 is 11.6. The van der Waals surface area contributed by atoms with Gasteiger partial charge < -0.3 is 31.6 Å². The topological polar surface area (TPSA) is 154 Å². The lowest BCUT2D eigenvalue weighted by atomic mass is 9.82. The summed E-state index contributed by atoms with van der Waals surface area (Å²) in [7, 11) is 1.52. The monoisotopic (exact) mass is 654 g/mol. The Labute approximate surface area is 279 Å². The van der Waals surface area contributed by atoms with E-state index in [1.54, 1.807) is 31.5 Å². The number of pyridine rings is 1. The van der Waals surface area contributed by atoms with Crippen molar-refractivity contribution in [2.45, 2.75) is 56.9 Å². The van der Waals surface area contributed by atoms with Crippen molar-refractivity contribution in [3.63, 3.8) is 0 Å². The molecule has 0 spiro atoms. The third kappa shape index (κ3) is 6.44. The van der Waals surface area contributed by atoms with Crippen LogP contribution in [0.15, 0.2) is 70.2 Å². The van der Waals surface area contributed by atoms with Crippen LogP contribution >= 0.6 is 11.6 Å². The molecular formula is C36H39ClN6O4. The number of nitrogens with one attached hydrogen (secondary N) is 2. The number of primary amides is 1. The van der Waals surface area contributed by atoms with E-state index in [9.17, 15) is 9.59 Å². The maximum atomic E-state index is 13.6. The smallest absolute Gasteiger partial charge is 0.251 e. The summed E-state index contributed by atoms with van der Waals surface area (Å²) in [6.45, 7) is 7.76. The van der Waals surface area contributed by atoms with Gasteiger partial charge in [0.2, 0.25) is 5.91 Å². The summed E-state index contributed by atoms with van der Waals surface area (Å²) in [6, 6.07) is 5.59. The number of dihydropyridines is 1. The maximum Gasteiger partial charge on any atom is 0.251 e. The fourth-order valence-corrected chi connectivity index (χ4v) is 6.07. The first kappa shape index (κ1) is 32.2. The standard InChI is InChI=1S/C36H39ClN6O4/c1-5-19(2)12-28-30(37)24(10-11-40-28)32-33-26(36(3,18-47-33)35(39)45)15-27(43-32)25(20-6-7-20)17-42-34(44)21-13-22(16-41-23-8-9-23)31(38)29(14-21)46-4/h10-16,20,23,25,40H,1,6-9,17-18,38H2,2-4H3,(H2,39,45)(H,42,44)/b28-12-,41-16?/t25-,36-/m0/s1. The molecule has 10 nitrogen and oxygen atoms in total. The second kappa shape index (κ2) is 12.8. The van der Waals surface area contributed by atoms with E-state index in [4.69, 9.17) is 37.5 Å². The molecule has 4 aliphatic rings. The summed E-state index contributed by atoms with van der Waals surface area (Å²) >= 11 is 6.95. The molecule has 1 aromatic heterocycles. The molecule has 6 N–H and O–H groups in total. The zero-order valence-electron chi connectivity index (χ0n) is 26.8. The number of nitrogens with zero attached hydrogens (tertiary/aromatic N) is 2. The van der Waals surface area contributed by atoms with Gasteiger partial charge in [-0.25, -0.2) is 4.98 Å². The Hall–Kier alpha value is -4.79. The Morgan fingerprint density at radius 1 is 1.32 bits per heavy atom. The number of carbonyl (C=O) groups excluding carboxylic acids is 2. The van der Waals surface area contributed by atoms with Crippen LogP contribution in [0.2, 0.25) is 0 Å². The number of allylic oxidation sites excluding steroid dienone is 5. The first-order valence-electron chi connectivity index (χ1n) is 15.7. The highest BCUT2D eigenvalue weighted by atomic mass is 35.5. The zero-order chi connectivity index (χ0) is 33.5. The van der Waals surface area contributed by atoms with E-state index >= 15 is 0 Å². The highest BCUT2D eigenvalue weighted by Gasteiger charge is 2.45. The number of methoxy groups -OCH3 is 1. The minimum Gasteiger partial charge on any atom is -0.495 e. The molecule has 2 fully saturated rings. The van der Waals surface area contributed by atoms with Gasteiger partial charge in [-0.15, -0.1) is 5.73 Å². The number of aromatic nitrogens is 1. The van der Waals surface area contributed by atoms with Crippen molar-refractivity contribution in [3.8, 4) is 11.5 Å². The normalized spacial score (nSPS) is 21.6. The van der Waals surface area contributed by atoms with Gasteiger partial charge in [0, 0.05) is 52.8 Å². The second-order valence-corrected chi connectivity index (χ2v) is 13.1. The van der Waals surface area contributed by atoms with Gasteiger partial charge in [-0.1, -0.05) is 18.2 Å². The molecule has 2 atom stereocenters. The number of fused-ring (bicyclic) bond motifs is 1. The van der Waals surface area contributed by atoms with Crippen molar-refractivity contribution in [2.24, 2.45) is 16.6 Å². The first-order valence-corrected chi connectivity index (χ1v) is 16.1. The van der Waals surface area contributed by atoms with Crippen LogP contribution in [0.25, 0.3) is 5.57 Å². The molecule has 0 radical (unpaired) electrons. The number of ether oxygens (including phenoxy) is 2. The summed E-state index contributed by atoms with van der Waals surface area (Å²) in [5.41, 5.74) is 19.5. The lowest BCUT2D eigenvalue weighted by Gasteiger charge is -2.23. The number of rotatable bonds is 11. The van der Waals surface area contributed by atoms with Crippen LogP contribution in [-0.2, 0) is 10.2 Å². The molecule has 0 saturated heterocycles. The number of amides is 2. The van der Waals surface area contributed by atoms with Gasteiger partial charge in [-0.3, -0.25) is 14.6 Å². The fourth-order valence-electron chi connectivity index (χ4n) is 5.81. The molecule has 0 unspecified atom stereocenters. The van der Waals surface area contributed by atoms with E-state index in [-0.39, 0.29) is 18.4 Å². The van der Waals surface area contributed by atoms with Crippen molar-refractivity contribution in [1.82, 2.24) is 15.6 Å². The molecule has 11 heteroatoms. The first-order chi connectivity index (χ1) is 22.5. The molecule has 1 aromatic carbocycles. The third-order valence-electron chi connectivity index (χ3n) is 9.17. The van der Waals surface area contributed by atoms with Gasteiger partial charge in [0.25, 0.3) is 5.91 Å². The summed E-state index contributed by atoms with van der Waals surface area (Å²) in [5.74, 6) is 0.270. The molecule has 2 amide bonds. The van der Waals surface area contributed by atoms with E-state index in [0.717, 1.165) is 37.0 Å². The maximum absolute atomic E-state index is 13.6. The Balaban J connectivity index is 1.37. The molecule has 0 bridgehead atoms. The highest BCUT2D eigenvalue weighted by molar-refractivity contribution is 6.36. The van der Waals surface area contributed by atoms with Gasteiger partial charge in [0.1, 0.15) is 29.2 Å². The molecule has 6 rings (SSSR count). The van der Waals surface area contributed by atoms with Gasteiger partial charge in [0.05, 0.1) is 29.6 Å². The lowest BCUT2D eigenvalue weighted by molar-refractivity contribution is -0.123. The van der Waals surface area contributed by atoms with Crippen LogP contribution < -0.4 is 31.6 Å². The number of anilines is 1. The van der Waals surface area contributed by atoms with Crippen molar-refractivity contribution in [2.75, 3.05) is 26.0 Å². The number of benzene rings is 1. The van der Waals surface area contributed by atoms with Crippen LogP contribution in [0.4, 0.5) is 5.69 Å². The van der Waals surface area contributed by atoms with Crippen molar-refractivity contribution < 1.29 is 19.1 Å². The highest BCUT2D eigenvalue weighted by Crippen LogP contribution is 2.48. The minimum absolute atomic E-state index is 0.0832. The van der Waals surface area contributed by atoms with Gasteiger partial charge >= 0.3 is 0 Å². The second-order valence-electron chi connectivity index (χ2n) is 12.7.